The minimum atomic E-state index is -0.850. The van der Waals surface area contributed by atoms with E-state index in [0.29, 0.717) is 18.0 Å². The quantitative estimate of drug-likeness (QED) is 0.141. The van der Waals surface area contributed by atoms with Gasteiger partial charge in [0.2, 0.25) is 0 Å². The monoisotopic (exact) mass is 647 g/mol. The minimum absolute atomic E-state index is 0.109. The number of H-pyrrole nitrogens is 2. The van der Waals surface area contributed by atoms with Crippen molar-refractivity contribution in [2.45, 2.75) is 56.6 Å². The number of hydrogen-bond acceptors (Lipinski definition) is 5. The fourth-order valence-electron chi connectivity index (χ4n) is 7.44. The molecule has 3 aliphatic heterocycles. The van der Waals surface area contributed by atoms with E-state index >= 15 is 0 Å². The van der Waals surface area contributed by atoms with E-state index < -0.39 is 6.17 Å². The molecular formula is C37H35ClFN7O. The van der Waals surface area contributed by atoms with Crippen molar-refractivity contribution in [3.8, 4) is 39.5 Å². The van der Waals surface area contributed by atoms with Gasteiger partial charge in [0, 0.05) is 41.5 Å². The molecule has 238 valence electrons. The molecule has 3 aromatic heterocycles. The highest BCUT2D eigenvalue weighted by molar-refractivity contribution is 6.38. The van der Waals surface area contributed by atoms with E-state index in [-0.39, 0.29) is 18.3 Å². The normalized spacial score (nSPS) is 22.0. The van der Waals surface area contributed by atoms with Crippen LogP contribution >= 0.6 is 11.6 Å². The number of nitrogens with one attached hydrogen (secondary N) is 4. The van der Waals surface area contributed by atoms with Crippen molar-refractivity contribution in [2.24, 2.45) is 0 Å². The summed E-state index contributed by atoms with van der Waals surface area (Å²) in [5, 5.41) is 8.42. The second kappa shape index (κ2) is 11.7. The van der Waals surface area contributed by atoms with Crippen molar-refractivity contribution in [1.29, 1.82) is 0 Å². The molecule has 2 fully saturated rings. The number of fused-ring (bicyclic) bond motifs is 5. The molecule has 6 heterocycles. The Bertz CT molecular complexity index is 2080. The first kappa shape index (κ1) is 28.8. The number of imidazole rings is 2. The molecule has 2 unspecified atom stereocenters. The molecule has 6 aromatic rings. The summed E-state index contributed by atoms with van der Waals surface area (Å²) in [5.41, 5.74) is 8.04. The van der Waals surface area contributed by atoms with E-state index in [4.69, 9.17) is 21.3 Å². The summed E-state index contributed by atoms with van der Waals surface area (Å²) >= 11 is 7.33. The van der Waals surface area contributed by atoms with Crippen molar-refractivity contribution in [3.63, 3.8) is 0 Å². The highest BCUT2D eigenvalue weighted by Crippen LogP contribution is 2.49. The SMILES string of the molecule is F[C@H]1CNC(c2ncc(-c3ccc4c(c3)OC(CCc3ccccc3)n3c-4c(Cl)c4cc(-c5cnc([C@@H]6CCCN6)[nH]5)ccc43)[nH]2)C1. The number of rotatable bonds is 7. The maximum atomic E-state index is 13.8. The van der Waals surface area contributed by atoms with Gasteiger partial charge in [-0.25, -0.2) is 14.4 Å². The number of hydrogen-bond donors (Lipinski definition) is 4. The first-order valence-corrected chi connectivity index (χ1v) is 16.9. The van der Waals surface area contributed by atoms with Crippen LogP contribution in [0.2, 0.25) is 5.02 Å². The van der Waals surface area contributed by atoms with E-state index in [1.165, 1.54) is 5.56 Å². The second-order valence-electron chi connectivity index (χ2n) is 12.9. The first-order valence-electron chi connectivity index (χ1n) is 16.5. The van der Waals surface area contributed by atoms with Gasteiger partial charge < -0.3 is 29.9 Å². The van der Waals surface area contributed by atoms with Crippen LogP contribution in [0.25, 0.3) is 44.7 Å². The third-order valence-corrected chi connectivity index (χ3v) is 10.2. The molecule has 0 bridgehead atoms. The number of aromatic nitrogens is 5. The lowest BCUT2D eigenvalue weighted by Crippen LogP contribution is -2.22. The van der Waals surface area contributed by atoms with Crippen LogP contribution in [0.5, 0.6) is 5.75 Å². The topological polar surface area (TPSA) is 95.6 Å². The molecule has 0 aliphatic carbocycles. The Morgan fingerprint density at radius 1 is 0.894 bits per heavy atom. The average Bonchev–Trinajstić information content (AvgIpc) is 3.95. The molecule has 2 saturated heterocycles. The summed E-state index contributed by atoms with van der Waals surface area (Å²) in [6, 6.07) is 23.3. The van der Waals surface area contributed by atoms with Gasteiger partial charge >= 0.3 is 0 Å². The zero-order chi connectivity index (χ0) is 31.5. The van der Waals surface area contributed by atoms with Crippen LogP contribution in [-0.4, -0.2) is 43.8 Å². The number of aromatic amines is 2. The molecule has 0 saturated carbocycles. The van der Waals surface area contributed by atoms with Crippen molar-refractivity contribution in [2.75, 3.05) is 13.1 Å². The molecular weight excluding hydrogens is 613 g/mol. The van der Waals surface area contributed by atoms with E-state index in [0.717, 1.165) is 94.3 Å². The van der Waals surface area contributed by atoms with Gasteiger partial charge in [0.1, 0.15) is 23.6 Å². The molecule has 0 spiro atoms. The van der Waals surface area contributed by atoms with Gasteiger partial charge in [-0.1, -0.05) is 54.1 Å². The molecule has 10 heteroatoms. The standard InChI is InChI=1S/C37H35ClFN7O/c38-34-26-15-22(29-19-42-36(44-29)27-7-4-14-40-27)10-12-31(26)46-33(13-8-21-5-2-1-3-6-21)47-32-16-23(9-11-25(32)35(34)46)30-20-43-37(45-30)28-17-24(39)18-41-28/h1-3,5-6,9-12,15-16,19-20,24,27-28,33,40-41H,4,7-8,13-14,17-18H2,(H,42,44)(H,43,45)/t24-,27+,28?,33?/m1/s1. The van der Waals surface area contributed by atoms with Crippen LogP contribution in [0.4, 0.5) is 4.39 Å². The Hall–Kier alpha value is -4.44. The van der Waals surface area contributed by atoms with Crippen LogP contribution in [0.15, 0.2) is 79.1 Å². The molecule has 0 amide bonds. The average molecular weight is 648 g/mol. The predicted octanol–water partition coefficient (Wildman–Crippen LogP) is 8.06. The Morgan fingerprint density at radius 2 is 1.66 bits per heavy atom. The van der Waals surface area contributed by atoms with E-state index in [1.807, 2.05) is 18.5 Å². The zero-order valence-corrected chi connectivity index (χ0v) is 26.5. The Morgan fingerprint density at radius 3 is 2.40 bits per heavy atom. The van der Waals surface area contributed by atoms with Crippen LogP contribution in [-0.2, 0) is 6.42 Å². The van der Waals surface area contributed by atoms with Crippen molar-refractivity contribution in [3.05, 3.63) is 101 Å². The van der Waals surface area contributed by atoms with Gasteiger partial charge in [-0.05, 0) is 55.6 Å². The largest absolute Gasteiger partial charge is 0.469 e. The number of halogens is 2. The first-order chi connectivity index (χ1) is 23.1. The fourth-order valence-corrected chi connectivity index (χ4v) is 7.78. The summed E-state index contributed by atoms with van der Waals surface area (Å²) < 4.78 is 23.0. The number of benzene rings is 3. The fraction of sp³-hybridized carbons (Fsp3) is 0.297. The molecule has 8 nitrogen and oxygen atoms in total. The smallest absolute Gasteiger partial charge is 0.176 e. The Kier molecular flexibility index (Phi) is 7.14. The summed E-state index contributed by atoms with van der Waals surface area (Å²) in [7, 11) is 0. The van der Waals surface area contributed by atoms with Crippen LogP contribution in [0, 0.1) is 0 Å². The number of alkyl halides is 1. The summed E-state index contributed by atoms with van der Waals surface area (Å²) in [6.45, 7) is 1.38. The molecule has 9 rings (SSSR count). The van der Waals surface area contributed by atoms with Gasteiger partial charge in [0.25, 0.3) is 0 Å². The van der Waals surface area contributed by atoms with E-state index in [9.17, 15) is 4.39 Å². The lowest BCUT2D eigenvalue weighted by Gasteiger charge is -2.30. The predicted molar refractivity (Wildman–Crippen MR) is 182 cm³/mol. The van der Waals surface area contributed by atoms with E-state index in [1.54, 1.807) is 0 Å². The maximum Gasteiger partial charge on any atom is 0.176 e. The zero-order valence-electron chi connectivity index (χ0n) is 25.8. The Labute approximate surface area is 276 Å². The van der Waals surface area contributed by atoms with Gasteiger partial charge in [-0.2, -0.15) is 0 Å². The molecule has 4 atom stereocenters. The Balaban J connectivity index is 1.10. The van der Waals surface area contributed by atoms with Gasteiger partial charge in [-0.15, -0.1) is 0 Å². The number of aryl methyl sites for hydroxylation is 1. The highest BCUT2D eigenvalue weighted by Gasteiger charge is 2.32. The lowest BCUT2D eigenvalue weighted by atomic mass is 10.0. The van der Waals surface area contributed by atoms with Crippen molar-refractivity contribution >= 4 is 22.5 Å². The number of ether oxygens (including phenoxy) is 1. The highest BCUT2D eigenvalue weighted by atomic mass is 35.5. The van der Waals surface area contributed by atoms with Crippen molar-refractivity contribution in [1.82, 2.24) is 35.1 Å². The maximum absolute atomic E-state index is 13.8. The number of nitrogens with zero attached hydrogens (tertiary/aromatic N) is 3. The van der Waals surface area contributed by atoms with Crippen molar-refractivity contribution < 1.29 is 9.13 Å². The second-order valence-corrected chi connectivity index (χ2v) is 13.3. The minimum Gasteiger partial charge on any atom is -0.469 e. The molecule has 4 N–H and O–H groups in total. The molecule has 3 aliphatic rings. The lowest BCUT2D eigenvalue weighted by molar-refractivity contribution is 0.122. The van der Waals surface area contributed by atoms with Crippen LogP contribution in [0.1, 0.15) is 61.2 Å². The van der Waals surface area contributed by atoms with Crippen LogP contribution < -0.4 is 15.4 Å². The third-order valence-electron chi connectivity index (χ3n) is 9.86. The third kappa shape index (κ3) is 5.13. The van der Waals surface area contributed by atoms with Gasteiger partial charge in [0.15, 0.2) is 6.23 Å². The van der Waals surface area contributed by atoms with Crippen LogP contribution in [0.3, 0.4) is 0 Å². The summed E-state index contributed by atoms with van der Waals surface area (Å²) in [4.78, 5) is 16.2. The molecule has 3 aromatic carbocycles. The van der Waals surface area contributed by atoms with Gasteiger partial charge in [-0.3, -0.25) is 0 Å². The summed E-state index contributed by atoms with van der Waals surface area (Å²) in [5.74, 6) is 2.51. The van der Waals surface area contributed by atoms with E-state index in [2.05, 4.69) is 90.8 Å². The molecule has 0 radical (unpaired) electrons. The summed E-state index contributed by atoms with van der Waals surface area (Å²) in [6.07, 6.45) is 6.93. The molecule has 47 heavy (non-hydrogen) atoms. The van der Waals surface area contributed by atoms with Gasteiger partial charge in [0.05, 0.1) is 52.1 Å².